The summed E-state index contributed by atoms with van der Waals surface area (Å²) in [6.07, 6.45) is 1.11. The smallest absolute Gasteiger partial charge is 0.199 e. The first-order chi connectivity index (χ1) is 13.7. The summed E-state index contributed by atoms with van der Waals surface area (Å²) in [7, 11) is 0. The van der Waals surface area contributed by atoms with Crippen LogP contribution in [0.2, 0.25) is 5.02 Å². The topological polar surface area (TPSA) is 48.4 Å². The molecule has 2 aromatic carbocycles. The molecular formula is C21H25ClN5S+. The van der Waals surface area contributed by atoms with Crippen LogP contribution in [0.4, 0.5) is 11.5 Å². The van der Waals surface area contributed by atoms with Crippen LogP contribution in [-0.2, 0) is 0 Å². The van der Waals surface area contributed by atoms with Gasteiger partial charge in [-0.2, -0.15) is 0 Å². The van der Waals surface area contributed by atoms with Gasteiger partial charge in [-0.25, -0.2) is 4.98 Å². The highest BCUT2D eigenvalue weighted by Gasteiger charge is 2.19. The maximum atomic E-state index is 6.12. The van der Waals surface area contributed by atoms with Gasteiger partial charge in [0.2, 0.25) is 0 Å². The average Bonchev–Trinajstić information content (AvgIpc) is 2.71. The second-order valence-corrected chi connectivity index (χ2v) is 8.01. The second-order valence-electron chi connectivity index (χ2n) is 7.18. The molecule has 0 aliphatic carbocycles. The molecule has 3 N–H and O–H groups in total. The number of hydrogen-bond acceptors (Lipinski definition) is 4. The molecule has 0 unspecified atom stereocenters. The van der Waals surface area contributed by atoms with Crippen molar-refractivity contribution in [1.29, 1.82) is 0 Å². The normalized spacial score (nSPS) is 15.1. The number of hydrogen-bond donors (Lipinski definition) is 3. The number of nitrogens with one attached hydrogen (secondary N) is 3. The molecule has 0 bridgehead atoms. The van der Waals surface area contributed by atoms with Crippen molar-refractivity contribution in [2.24, 2.45) is 0 Å². The number of nitrogens with zero attached hydrogens (tertiary/aromatic N) is 2. The van der Waals surface area contributed by atoms with Gasteiger partial charge in [-0.3, -0.25) is 0 Å². The van der Waals surface area contributed by atoms with Gasteiger partial charge >= 0.3 is 0 Å². The first kappa shape index (κ1) is 19.2. The molecular weight excluding hydrogens is 390 g/mol. The zero-order chi connectivity index (χ0) is 19.3. The van der Waals surface area contributed by atoms with Crippen LogP contribution in [0.3, 0.4) is 0 Å². The molecule has 7 heteroatoms. The number of fused-ring (bicyclic) bond motifs is 1. The highest BCUT2D eigenvalue weighted by molar-refractivity contribution is 7.71. The standard InChI is InChI=1S/C21H24ClN5S/c22-16-5-3-6-17(15-16)27-13-11-26(12-14-27)10-4-9-23-20-18-7-1-2-8-19(18)24-21(28)25-20/h1-3,5-8,15H,4,9-14H2,(H2,23,24,25,28)/p+1. The van der Waals surface area contributed by atoms with Gasteiger partial charge in [-0.15, -0.1) is 0 Å². The first-order valence-electron chi connectivity index (χ1n) is 9.76. The maximum absolute atomic E-state index is 6.12. The number of piperazine rings is 1. The SMILES string of the molecule is S=c1nc(NCCC[NH+]2CCN(c3cccc(Cl)c3)CC2)c2ccccc2[nH]1. The van der Waals surface area contributed by atoms with Gasteiger partial charge in [0.1, 0.15) is 5.82 Å². The number of quaternary nitrogens is 1. The van der Waals surface area contributed by atoms with Crippen molar-refractivity contribution in [1.82, 2.24) is 9.97 Å². The third-order valence-electron chi connectivity index (χ3n) is 5.28. The molecule has 1 saturated heterocycles. The van der Waals surface area contributed by atoms with Crippen LogP contribution in [0.1, 0.15) is 6.42 Å². The van der Waals surface area contributed by atoms with E-state index in [1.165, 1.54) is 5.69 Å². The molecule has 0 saturated carbocycles. The van der Waals surface area contributed by atoms with E-state index in [9.17, 15) is 0 Å². The van der Waals surface area contributed by atoms with Crippen molar-refractivity contribution in [2.75, 3.05) is 49.5 Å². The maximum Gasteiger partial charge on any atom is 0.199 e. The molecule has 2 heterocycles. The highest BCUT2D eigenvalue weighted by Crippen LogP contribution is 2.20. The third-order valence-corrected chi connectivity index (χ3v) is 5.71. The predicted octanol–water partition coefficient (Wildman–Crippen LogP) is 3.15. The molecule has 146 valence electrons. The lowest BCUT2D eigenvalue weighted by molar-refractivity contribution is -0.900. The Bertz CT molecular complexity index is 997. The minimum atomic E-state index is 0.518. The number of aromatic amines is 1. The Morgan fingerprint density at radius 2 is 1.96 bits per heavy atom. The summed E-state index contributed by atoms with van der Waals surface area (Å²) in [5.41, 5.74) is 2.25. The number of H-pyrrole nitrogens is 1. The minimum absolute atomic E-state index is 0.518. The average molecular weight is 415 g/mol. The Morgan fingerprint density at radius 3 is 2.79 bits per heavy atom. The molecule has 0 radical (unpaired) electrons. The summed E-state index contributed by atoms with van der Waals surface area (Å²) in [5, 5.41) is 5.36. The molecule has 1 aliphatic heterocycles. The summed E-state index contributed by atoms with van der Waals surface area (Å²) in [5.74, 6) is 0.875. The first-order valence-corrected chi connectivity index (χ1v) is 10.5. The Labute approximate surface area is 175 Å². The van der Waals surface area contributed by atoms with E-state index >= 15 is 0 Å². The molecule has 3 aromatic rings. The lowest BCUT2D eigenvalue weighted by atomic mass is 10.2. The van der Waals surface area contributed by atoms with E-state index in [2.05, 4.69) is 38.4 Å². The van der Waals surface area contributed by atoms with Gasteiger partial charge in [-0.05, 0) is 42.5 Å². The van der Waals surface area contributed by atoms with E-state index in [4.69, 9.17) is 23.8 Å². The van der Waals surface area contributed by atoms with Gasteiger partial charge < -0.3 is 20.1 Å². The van der Waals surface area contributed by atoms with Crippen molar-refractivity contribution in [3.05, 3.63) is 58.3 Å². The predicted molar refractivity (Wildman–Crippen MR) is 119 cm³/mol. The van der Waals surface area contributed by atoms with Crippen LogP contribution in [0, 0.1) is 4.77 Å². The summed E-state index contributed by atoms with van der Waals surface area (Å²) >= 11 is 11.4. The van der Waals surface area contributed by atoms with Gasteiger partial charge in [0.15, 0.2) is 4.77 Å². The van der Waals surface area contributed by atoms with Crippen molar-refractivity contribution < 1.29 is 4.90 Å². The fourth-order valence-electron chi connectivity index (χ4n) is 3.79. The van der Waals surface area contributed by atoms with E-state index in [-0.39, 0.29) is 0 Å². The quantitative estimate of drug-likeness (QED) is 0.428. The Hall–Kier alpha value is -2.15. The molecule has 1 fully saturated rings. The monoisotopic (exact) mass is 414 g/mol. The summed E-state index contributed by atoms with van der Waals surface area (Å²) < 4.78 is 0.518. The molecule has 5 nitrogen and oxygen atoms in total. The largest absolute Gasteiger partial charge is 0.369 e. The van der Waals surface area contributed by atoms with Crippen molar-refractivity contribution in [3.63, 3.8) is 0 Å². The van der Waals surface area contributed by atoms with Crippen molar-refractivity contribution >= 4 is 46.2 Å². The molecule has 0 spiro atoms. The van der Waals surface area contributed by atoms with E-state index in [1.807, 2.05) is 30.3 Å². The second kappa shape index (κ2) is 8.90. The lowest BCUT2D eigenvalue weighted by Crippen LogP contribution is -3.14. The van der Waals surface area contributed by atoms with Gasteiger partial charge in [0, 0.05) is 29.1 Å². The van der Waals surface area contributed by atoms with E-state index in [0.29, 0.717) is 4.77 Å². The summed E-state index contributed by atoms with van der Waals surface area (Å²) in [4.78, 5) is 11.7. The van der Waals surface area contributed by atoms with Gasteiger partial charge in [-0.1, -0.05) is 29.8 Å². The fraction of sp³-hybridized carbons (Fsp3) is 0.333. The summed E-state index contributed by atoms with van der Waals surface area (Å²) in [6.45, 7) is 6.52. The van der Waals surface area contributed by atoms with Crippen LogP contribution in [0.15, 0.2) is 48.5 Å². The van der Waals surface area contributed by atoms with Gasteiger partial charge in [0.25, 0.3) is 0 Å². The number of anilines is 2. The van der Waals surface area contributed by atoms with E-state index in [0.717, 1.165) is 67.4 Å². The fourth-order valence-corrected chi connectivity index (χ4v) is 4.17. The minimum Gasteiger partial charge on any atom is -0.369 e. The number of para-hydroxylation sites is 1. The Balaban J connectivity index is 1.25. The molecule has 28 heavy (non-hydrogen) atoms. The highest BCUT2D eigenvalue weighted by atomic mass is 35.5. The zero-order valence-corrected chi connectivity index (χ0v) is 17.3. The van der Waals surface area contributed by atoms with E-state index < -0.39 is 0 Å². The van der Waals surface area contributed by atoms with Crippen LogP contribution < -0.4 is 15.1 Å². The van der Waals surface area contributed by atoms with Crippen LogP contribution >= 0.6 is 23.8 Å². The Kier molecular flexibility index (Phi) is 6.10. The van der Waals surface area contributed by atoms with Crippen molar-refractivity contribution in [3.8, 4) is 0 Å². The van der Waals surface area contributed by atoms with Gasteiger partial charge in [0.05, 0.1) is 38.2 Å². The molecule has 0 amide bonds. The van der Waals surface area contributed by atoms with Crippen molar-refractivity contribution in [2.45, 2.75) is 6.42 Å². The number of benzene rings is 2. The number of halogens is 1. The molecule has 0 atom stereocenters. The molecule has 4 rings (SSSR count). The lowest BCUT2D eigenvalue weighted by Gasteiger charge is -2.33. The van der Waals surface area contributed by atoms with Crippen LogP contribution in [0.25, 0.3) is 10.9 Å². The molecule has 1 aliphatic rings. The van der Waals surface area contributed by atoms with Crippen LogP contribution in [-0.4, -0.2) is 49.2 Å². The number of rotatable bonds is 6. The zero-order valence-electron chi connectivity index (χ0n) is 15.7. The molecule has 1 aromatic heterocycles. The van der Waals surface area contributed by atoms with Crippen LogP contribution in [0.5, 0.6) is 0 Å². The Morgan fingerprint density at radius 1 is 1.14 bits per heavy atom. The number of aromatic nitrogens is 2. The third kappa shape index (κ3) is 4.63. The van der Waals surface area contributed by atoms with E-state index in [1.54, 1.807) is 4.90 Å². The summed E-state index contributed by atoms with van der Waals surface area (Å²) in [6, 6.07) is 16.3.